The highest BCUT2D eigenvalue weighted by Gasteiger charge is 2.34. The molecule has 1 aliphatic rings. The molecule has 96 valence electrons. The van der Waals surface area contributed by atoms with E-state index in [0.717, 1.165) is 13.2 Å². The average Bonchev–Trinajstić information content (AvgIpc) is 2.29. The monoisotopic (exact) mass is 228 g/mol. The standard InChI is InChI=1S/C13H28N2O/c1-5-13(3)11-14-12(2)10-15(13)8-6-7-9-16-4/h12,14H,5-11H2,1-4H3. The zero-order chi connectivity index (χ0) is 12.0. The summed E-state index contributed by atoms with van der Waals surface area (Å²) < 4.78 is 5.10. The minimum Gasteiger partial charge on any atom is -0.385 e. The van der Waals surface area contributed by atoms with Gasteiger partial charge in [-0.15, -0.1) is 0 Å². The summed E-state index contributed by atoms with van der Waals surface area (Å²) in [5, 5.41) is 3.59. The molecule has 1 saturated heterocycles. The highest BCUT2D eigenvalue weighted by Crippen LogP contribution is 2.23. The van der Waals surface area contributed by atoms with E-state index in [4.69, 9.17) is 4.74 Å². The van der Waals surface area contributed by atoms with Gasteiger partial charge in [0.2, 0.25) is 0 Å². The lowest BCUT2D eigenvalue weighted by atomic mass is 9.92. The number of methoxy groups -OCH3 is 1. The highest BCUT2D eigenvalue weighted by molar-refractivity contribution is 4.93. The first-order chi connectivity index (χ1) is 7.62. The van der Waals surface area contributed by atoms with Crippen LogP contribution in [0.4, 0.5) is 0 Å². The van der Waals surface area contributed by atoms with E-state index in [0.29, 0.717) is 11.6 Å². The van der Waals surface area contributed by atoms with Gasteiger partial charge in [0.05, 0.1) is 0 Å². The first kappa shape index (κ1) is 13.9. The van der Waals surface area contributed by atoms with Crippen molar-refractivity contribution in [2.24, 2.45) is 0 Å². The summed E-state index contributed by atoms with van der Waals surface area (Å²) in [4.78, 5) is 2.66. The van der Waals surface area contributed by atoms with Crippen LogP contribution >= 0.6 is 0 Å². The predicted octanol–water partition coefficient (Wildman–Crippen LogP) is 1.88. The van der Waals surface area contributed by atoms with Gasteiger partial charge in [-0.3, -0.25) is 4.90 Å². The Morgan fingerprint density at radius 2 is 2.19 bits per heavy atom. The Morgan fingerprint density at radius 1 is 1.44 bits per heavy atom. The number of piperazine rings is 1. The molecule has 16 heavy (non-hydrogen) atoms. The van der Waals surface area contributed by atoms with Crippen LogP contribution in [0.25, 0.3) is 0 Å². The number of nitrogens with zero attached hydrogens (tertiary/aromatic N) is 1. The van der Waals surface area contributed by atoms with Crippen molar-refractivity contribution < 1.29 is 4.74 Å². The summed E-state index contributed by atoms with van der Waals surface area (Å²) in [7, 11) is 1.78. The molecule has 2 unspecified atom stereocenters. The molecule has 0 amide bonds. The van der Waals surface area contributed by atoms with E-state index in [-0.39, 0.29) is 0 Å². The molecule has 0 aromatic rings. The number of rotatable bonds is 6. The van der Waals surface area contributed by atoms with E-state index < -0.39 is 0 Å². The third-order valence-corrected chi connectivity index (χ3v) is 3.88. The normalized spacial score (nSPS) is 31.9. The SMILES string of the molecule is CCC1(C)CNC(C)CN1CCCCOC. The van der Waals surface area contributed by atoms with E-state index in [2.05, 4.69) is 31.0 Å². The fourth-order valence-electron chi connectivity index (χ4n) is 2.38. The first-order valence-corrected chi connectivity index (χ1v) is 6.60. The van der Waals surface area contributed by atoms with Crippen LogP contribution in [0.2, 0.25) is 0 Å². The van der Waals surface area contributed by atoms with Crippen LogP contribution in [-0.4, -0.2) is 49.8 Å². The summed E-state index contributed by atoms with van der Waals surface area (Å²) >= 11 is 0. The van der Waals surface area contributed by atoms with E-state index >= 15 is 0 Å². The maximum atomic E-state index is 5.10. The largest absolute Gasteiger partial charge is 0.385 e. The van der Waals surface area contributed by atoms with Crippen molar-refractivity contribution in [1.82, 2.24) is 10.2 Å². The molecular weight excluding hydrogens is 200 g/mol. The van der Waals surface area contributed by atoms with Crippen molar-refractivity contribution in [3.05, 3.63) is 0 Å². The first-order valence-electron chi connectivity index (χ1n) is 6.60. The fourth-order valence-corrected chi connectivity index (χ4v) is 2.38. The maximum absolute atomic E-state index is 5.10. The number of unbranched alkanes of at least 4 members (excludes halogenated alkanes) is 1. The molecule has 0 spiro atoms. The lowest BCUT2D eigenvalue weighted by Crippen LogP contribution is -2.62. The fraction of sp³-hybridized carbons (Fsp3) is 1.00. The van der Waals surface area contributed by atoms with Crippen molar-refractivity contribution in [2.45, 2.75) is 51.6 Å². The van der Waals surface area contributed by atoms with Crippen LogP contribution in [0, 0.1) is 0 Å². The molecule has 0 aromatic heterocycles. The highest BCUT2D eigenvalue weighted by atomic mass is 16.5. The minimum atomic E-state index is 0.347. The lowest BCUT2D eigenvalue weighted by molar-refractivity contribution is 0.0491. The summed E-state index contributed by atoms with van der Waals surface area (Å²) in [5.41, 5.74) is 0.347. The Kier molecular flexibility index (Phi) is 5.73. The van der Waals surface area contributed by atoms with Crippen LogP contribution in [0.5, 0.6) is 0 Å². The van der Waals surface area contributed by atoms with E-state index in [1.807, 2.05) is 0 Å². The zero-order valence-corrected chi connectivity index (χ0v) is 11.4. The van der Waals surface area contributed by atoms with Gasteiger partial charge in [-0.2, -0.15) is 0 Å². The zero-order valence-electron chi connectivity index (χ0n) is 11.4. The third-order valence-electron chi connectivity index (χ3n) is 3.88. The molecule has 0 bridgehead atoms. The van der Waals surface area contributed by atoms with Crippen LogP contribution in [0.15, 0.2) is 0 Å². The Labute approximate surface area is 101 Å². The molecule has 1 aliphatic heterocycles. The van der Waals surface area contributed by atoms with Crippen molar-refractivity contribution in [3.8, 4) is 0 Å². The topological polar surface area (TPSA) is 24.5 Å². The molecule has 3 heteroatoms. The van der Waals surface area contributed by atoms with Gasteiger partial charge in [-0.1, -0.05) is 6.92 Å². The summed E-state index contributed by atoms with van der Waals surface area (Å²) in [5.74, 6) is 0. The summed E-state index contributed by atoms with van der Waals surface area (Å²) in [6.07, 6.45) is 3.64. The Bertz CT molecular complexity index is 198. The number of hydrogen-bond acceptors (Lipinski definition) is 3. The molecule has 0 aliphatic carbocycles. The maximum Gasteiger partial charge on any atom is 0.0462 e. The quantitative estimate of drug-likeness (QED) is 0.703. The number of hydrogen-bond donors (Lipinski definition) is 1. The Morgan fingerprint density at radius 3 is 2.81 bits per heavy atom. The van der Waals surface area contributed by atoms with Gasteiger partial charge in [0, 0.05) is 38.4 Å². The van der Waals surface area contributed by atoms with E-state index in [1.165, 1.54) is 32.4 Å². The minimum absolute atomic E-state index is 0.347. The number of ether oxygens (including phenoxy) is 1. The van der Waals surface area contributed by atoms with Gasteiger partial charge in [0.25, 0.3) is 0 Å². The van der Waals surface area contributed by atoms with Gasteiger partial charge in [-0.05, 0) is 39.7 Å². The van der Waals surface area contributed by atoms with Gasteiger partial charge in [0.1, 0.15) is 0 Å². The van der Waals surface area contributed by atoms with Crippen LogP contribution in [0.3, 0.4) is 0 Å². The Balaban J connectivity index is 2.39. The van der Waals surface area contributed by atoms with Gasteiger partial charge >= 0.3 is 0 Å². The molecule has 1 fully saturated rings. The van der Waals surface area contributed by atoms with E-state index in [1.54, 1.807) is 7.11 Å². The second-order valence-electron chi connectivity index (χ2n) is 5.28. The molecule has 1 N–H and O–H groups in total. The van der Waals surface area contributed by atoms with Crippen molar-refractivity contribution >= 4 is 0 Å². The lowest BCUT2D eigenvalue weighted by Gasteiger charge is -2.47. The molecule has 3 nitrogen and oxygen atoms in total. The molecule has 0 saturated carbocycles. The average molecular weight is 228 g/mol. The smallest absolute Gasteiger partial charge is 0.0462 e. The van der Waals surface area contributed by atoms with Crippen LogP contribution in [0.1, 0.15) is 40.0 Å². The van der Waals surface area contributed by atoms with Crippen LogP contribution < -0.4 is 5.32 Å². The summed E-state index contributed by atoms with van der Waals surface area (Å²) in [6.45, 7) is 11.3. The van der Waals surface area contributed by atoms with Gasteiger partial charge in [0.15, 0.2) is 0 Å². The van der Waals surface area contributed by atoms with Crippen molar-refractivity contribution in [3.63, 3.8) is 0 Å². The predicted molar refractivity (Wildman–Crippen MR) is 68.8 cm³/mol. The number of nitrogens with one attached hydrogen (secondary N) is 1. The summed E-state index contributed by atoms with van der Waals surface area (Å²) in [6, 6.07) is 0.627. The van der Waals surface area contributed by atoms with Crippen molar-refractivity contribution in [2.75, 3.05) is 33.4 Å². The molecule has 0 radical (unpaired) electrons. The second kappa shape index (κ2) is 6.58. The second-order valence-corrected chi connectivity index (χ2v) is 5.28. The van der Waals surface area contributed by atoms with Gasteiger partial charge < -0.3 is 10.1 Å². The van der Waals surface area contributed by atoms with Gasteiger partial charge in [-0.25, -0.2) is 0 Å². The van der Waals surface area contributed by atoms with E-state index in [9.17, 15) is 0 Å². The molecular formula is C13H28N2O. The molecule has 0 aromatic carbocycles. The van der Waals surface area contributed by atoms with Crippen molar-refractivity contribution in [1.29, 1.82) is 0 Å². The molecule has 1 heterocycles. The molecule has 1 rings (SSSR count). The third kappa shape index (κ3) is 3.72. The Hall–Kier alpha value is -0.120. The van der Waals surface area contributed by atoms with Crippen LogP contribution in [-0.2, 0) is 4.74 Å². The molecule has 2 atom stereocenters.